The Labute approximate surface area is 170 Å². The van der Waals surface area contributed by atoms with Gasteiger partial charge in [0.15, 0.2) is 0 Å². The summed E-state index contributed by atoms with van der Waals surface area (Å²) in [6.07, 6.45) is 15.6. The first-order valence-electron chi connectivity index (χ1n) is 11.4. The smallest absolute Gasteiger partial charge is 0.244 e. The zero-order chi connectivity index (χ0) is 20.6. The first kappa shape index (κ1) is 24.9. The number of hydrogen-bond donors (Lipinski definition) is 4. The molecule has 1 saturated carbocycles. The molecule has 0 radical (unpaired) electrons. The Balaban J connectivity index is 2.44. The van der Waals surface area contributed by atoms with E-state index in [4.69, 9.17) is 5.21 Å². The van der Waals surface area contributed by atoms with Gasteiger partial charge in [0.1, 0.15) is 0 Å². The van der Waals surface area contributed by atoms with Crippen LogP contribution in [-0.2, 0) is 9.59 Å². The maximum absolute atomic E-state index is 12.7. The van der Waals surface area contributed by atoms with Gasteiger partial charge in [-0.1, -0.05) is 84.0 Å². The molecule has 0 aromatic carbocycles. The Morgan fingerprint density at radius 2 is 1.64 bits per heavy atom. The Kier molecular flexibility index (Phi) is 14.0. The van der Waals surface area contributed by atoms with Gasteiger partial charge in [-0.05, 0) is 18.8 Å². The van der Waals surface area contributed by atoms with Gasteiger partial charge in [0, 0.05) is 12.3 Å². The molecule has 0 unspecified atom stereocenters. The third-order valence-electron chi connectivity index (χ3n) is 5.99. The molecule has 28 heavy (non-hydrogen) atoms. The van der Waals surface area contributed by atoms with Crippen LogP contribution in [-0.4, -0.2) is 34.8 Å². The highest BCUT2D eigenvalue weighted by Gasteiger charge is 2.25. The van der Waals surface area contributed by atoms with Crippen molar-refractivity contribution < 1.29 is 19.9 Å². The second kappa shape index (κ2) is 15.7. The number of hydroxylamine groups is 1. The molecule has 0 bridgehead atoms. The number of unbranched alkanes of at least 4 members (excludes halogenated alkanes) is 6. The van der Waals surface area contributed by atoms with Crippen LogP contribution in [0.1, 0.15) is 103 Å². The number of aliphatic hydroxyl groups excluding tert-OH is 1. The molecule has 1 fully saturated rings. The van der Waals surface area contributed by atoms with Crippen LogP contribution in [0.4, 0.5) is 0 Å². The first-order valence-corrected chi connectivity index (χ1v) is 11.4. The molecule has 0 spiro atoms. The SMILES string of the molecule is CCCCCCCCC[C@H](CC(=O)NO)C(=O)N[C@H](CO)CC1CCCCC1. The van der Waals surface area contributed by atoms with Crippen LogP contribution in [0.3, 0.4) is 0 Å². The Hall–Kier alpha value is -1.14. The van der Waals surface area contributed by atoms with Gasteiger partial charge in [-0.25, -0.2) is 5.48 Å². The molecule has 6 nitrogen and oxygen atoms in total. The van der Waals surface area contributed by atoms with Crippen LogP contribution < -0.4 is 10.8 Å². The lowest BCUT2D eigenvalue weighted by Crippen LogP contribution is -2.43. The molecular weight excluding hydrogens is 356 g/mol. The molecule has 0 heterocycles. The average molecular weight is 399 g/mol. The molecular formula is C22H42N2O4. The lowest BCUT2D eigenvalue weighted by Gasteiger charge is -2.27. The van der Waals surface area contributed by atoms with Crippen LogP contribution in [0.5, 0.6) is 0 Å². The van der Waals surface area contributed by atoms with E-state index in [9.17, 15) is 14.7 Å². The van der Waals surface area contributed by atoms with Crippen molar-refractivity contribution in [2.24, 2.45) is 11.8 Å². The normalized spacial score (nSPS) is 17.1. The molecule has 2 atom stereocenters. The topological polar surface area (TPSA) is 98.7 Å². The minimum absolute atomic E-state index is 0.0141. The van der Waals surface area contributed by atoms with Gasteiger partial charge < -0.3 is 10.4 Å². The van der Waals surface area contributed by atoms with Crippen LogP contribution in [0.2, 0.25) is 0 Å². The summed E-state index contributed by atoms with van der Waals surface area (Å²) >= 11 is 0. The second-order valence-electron chi connectivity index (χ2n) is 8.47. The third-order valence-corrected chi connectivity index (χ3v) is 5.99. The minimum Gasteiger partial charge on any atom is -0.394 e. The van der Waals surface area contributed by atoms with E-state index in [1.54, 1.807) is 5.48 Å². The van der Waals surface area contributed by atoms with Crippen molar-refractivity contribution in [1.82, 2.24) is 10.8 Å². The molecule has 1 aliphatic rings. The van der Waals surface area contributed by atoms with Crippen molar-refractivity contribution in [2.45, 2.75) is 109 Å². The van der Waals surface area contributed by atoms with E-state index in [-0.39, 0.29) is 25.0 Å². The summed E-state index contributed by atoms with van der Waals surface area (Å²) in [7, 11) is 0. The van der Waals surface area contributed by atoms with E-state index in [2.05, 4.69) is 12.2 Å². The van der Waals surface area contributed by atoms with Crippen molar-refractivity contribution in [3.8, 4) is 0 Å². The molecule has 1 aliphatic carbocycles. The highest BCUT2D eigenvalue weighted by atomic mass is 16.5. The Bertz CT molecular complexity index is 425. The van der Waals surface area contributed by atoms with Crippen molar-refractivity contribution in [1.29, 1.82) is 0 Å². The first-order chi connectivity index (χ1) is 13.6. The van der Waals surface area contributed by atoms with Gasteiger partial charge in [0.25, 0.3) is 0 Å². The fourth-order valence-corrected chi connectivity index (χ4v) is 4.27. The highest BCUT2D eigenvalue weighted by molar-refractivity contribution is 5.85. The zero-order valence-corrected chi connectivity index (χ0v) is 17.8. The number of nitrogens with one attached hydrogen (secondary N) is 2. The highest BCUT2D eigenvalue weighted by Crippen LogP contribution is 2.27. The molecule has 2 amide bonds. The van der Waals surface area contributed by atoms with Crippen LogP contribution in [0, 0.1) is 11.8 Å². The molecule has 0 aromatic rings. The van der Waals surface area contributed by atoms with Crippen molar-refractivity contribution in [3.63, 3.8) is 0 Å². The number of carbonyl (C=O) groups is 2. The van der Waals surface area contributed by atoms with Crippen molar-refractivity contribution in [2.75, 3.05) is 6.61 Å². The van der Waals surface area contributed by atoms with Crippen LogP contribution >= 0.6 is 0 Å². The molecule has 1 rings (SSSR count). The summed E-state index contributed by atoms with van der Waals surface area (Å²) in [5, 5.41) is 21.5. The average Bonchev–Trinajstić information content (AvgIpc) is 2.72. The van der Waals surface area contributed by atoms with Crippen molar-refractivity contribution in [3.05, 3.63) is 0 Å². The molecule has 0 aromatic heterocycles. The summed E-state index contributed by atoms with van der Waals surface area (Å²) < 4.78 is 0. The summed E-state index contributed by atoms with van der Waals surface area (Å²) in [5.41, 5.74) is 1.64. The summed E-state index contributed by atoms with van der Waals surface area (Å²) in [4.78, 5) is 24.3. The van der Waals surface area contributed by atoms with E-state index in [1.807, 2.05) is 0 Å². The predicted octanol–water partition coefficient (Wildman–Crippen LogP) is 4.09. The molecule has 4 N–H and O–H groups in total. The van der Waals surface area contributed by atoms with Crippen molar-refractivity contribution >= 4 is 11.8 Å². The maximum Gasteiger partial charge on any atom is 0.244 e. The van der Waals surface area contributed by atoms with Gasteiger partial charge >= 0.3 is 0 Å². The van der Waals surface area contributed by atoms with Gasteiger partial charge in [-0.3, -0.25) is 14.8 Å². The van der Waals surface area contributed by atoms with Gasteiger partial charge in [-0.15, -0.1) is 0 Å². The largest absolute Gasteiger partial charge is 0.394 e. The second-order valence-corrected chi connectivity index (χ2v) is 8.47. The molecule has 0 saturated heterocycles. The lowest BCUT2D eigenvalue weighted by molar-refractivity contribution is -0.135. The Morgan fingerprint density at radius 3 is 2.25 bits per heavy atom. The third kappa shape index (κ3) is 11.0. The fourth-order valence-electron chi connectivity index (χ4n) is 4.27. The van der Waals surface area contributed by atoms with E-state index >= 15 is 0 Å². The molecule has 0 aliphatic heterocycles. The number of hydrogen-bond acceptors (Lipinski definition) is 4. The summed E-state index contributed by atoms with van der Waals surface area (Å²) in [6.45, 7) is 2.13. The van der Waals surface area contributed by atoms with Gasteiger partial charge in [0.2, 0.25) is 11.8 Å². The van der Waals surface area contributed by atoms with Crippen LogP contribution in [0.15, 0.2) is 0 Å². The number of carbonyl (C=O) groups excluding carboxylic acids is 2. The monoisotopic (exact) mass is 398 g/mol. The van der Waals surface area contributed by atoms with E-state index in [0.29, 0.717) is 12.3 Å². The summed E-state index contributed by atoms with van der Waals surface area (Å²) in [6, 6.07) is -0.246. The van der Waals surface area contributed by atoms with E-state index in [0.717, 1.165) is 25.7 Å². The number of amides is 2. The predicted molar refractivity (Wildman–Crippen MR) is 111 cm³/mol. The van der Waals surface area contributed by atoms with Gasteiger partial charge in [0.05, 0.1) is 12.6 Å². The van der Waals surface area contributed by atoms with Gasteiger partial charge in [-0.2, -0.15) is 0 Å². The zero-order valence-electron chi connectivity index (χ0n) is 17.8. The van der Waals surface area contributed by atoms with E-state index < -0.39 is 11.8 Å². The Morgan fingerprint density at radius 1 is 1.00 bits per heavy atom. The standard InChI is InChI=1S/C22H42N2O4/c1-2-3-4-5-6-7-11-14-19(16-21(26)24-28)22(27)23-20(17-25)15-18-12-9-8-10-13-18/h18-20,25,28H,2-17H2,1H3,(H,23,27)(H,24,26)/t19-,20+/m1/s1. The maximum atomic E-state index is 12.7. The number of rotatable bonds is 15. The number of aliphatic hydroxyl groups is 1. The van der Waals surface area contributed by atoms with Crippen LogP contribution in [0.25, 0.3) is 0 Å². The lowest BCUT2D eigenvalue weighted by atomic mass is 9.84. The quantitative estimate of drug-likeness (QED) is 0.190. The summed E-state index contributed by atoms with van der Waals surface area (Å²) in [5.74, 6) is -0.600. The molecule has 6 heteroatoms. The molecule has 164 valence electrons. The fraction of sp³-hybridized carbons (Fsp3) is 0.909. The minimum atomic E-state index is -0.532. The van der Waals surface area contributed by atoms with E-state index in [1.165, 1.54) is 57.8 Å².